The summed E-state index contributed by atoms with van der Waals surface area (Å²) in [4.78, 5) is 25.4. The molecule has 3 heterocycles. The van der Waals surface area contributed by atoms with E-state index in [2.05, 4.69) is 49.5 Å². The third-order valence-electron chi connectivity index (χ3n) is 6.69. The number of fused-ring (bicyclic) bond motifs is 1. The quantitative estimate of drug-likeness (QED) is 0.389. The van der Waals surface area contributed by atoms with Gasteiger partial charge in [0.15, 0.2) is 0 Å². The SMILES string of the molecule is CC(=O)Nc1ncc(CCCC(F)(F)F)c(NC2CCN(Cc3ccc4[nH]c(C#N)cc4c3C)CC2)n1. The summed E-state index contributed by atoms with van der Waals surface area (Å²) >= 11 is 0. The standard InChI is InChI=1S/C26H30F3N7O/c1-16-19(5-6-23-22(16)12-21(13-30)33-23)15-36-10-7-20(8-11-36)34-24-18(4-3-9-26(27,28)29)14-31-25(35-24)32-17(2)37/h5-6,12,14,20,33H,3-4,7-11,15H2,1-2H3,(H2,31,32,34,35,37). The molecule has 1 fully saturated rings. The summed E-state index contributed by atoms with van der Waals surface area (Å²) in [5.74, 6) is 0.282. The number of alkyl halides is 3. The number of hydrogen-bond donors (Lipinski definition) is 3. The molecule has 0 bridgehead atoms. The highest BCUT2D eigenvalue weighted by Gasteiger charge is 2.27. The molecule has 196 valence electrons. The number of H-pyrrole nitrogens is 1. The van der Waals surface area contributed by atoms with E-state index in [1.807, 2.05) is 12.1 Å². The van der Waals surface area contributed by atoms with Crippen LogP contribution in [0.25, 0.3) is 10.9 Å². The Kier molecular flexibility index (Phi) is 7.97. The van der Waals surface area contributed by atoms with Crippen molar-refractivity contribution >= 4 is 28.6 Å². The van der Waals surface area contributed by atoms with Gasteiger partial charge in [0, 0.05) is 61.7 Å². The van der Waals surface area contributed by atoms with Gasteiger partial charge in [-0.1, -0.05) is 6.07 Å². The molecule has 0 radical (unpaired) electrons. The Morgan fingerprint density at radius 2 is 2.03 bits per heavy atom. The molecule has 3 N–H and O–H groups in total. The van der Waals surface area contributed by atoms with E-state index in [1.54, 1.807) is 0 Å². The van der Waals surface area contributed by atoms with Gasteiger partial charge in [-0.2, -0.15) is 23.4 Å². The summed E-state index contributed by atoms with van der Waals surface area (Å²) < 4.78 is 37.9. The number of nitrogens with one attached hydrogen (secondary N) is 3. The smallest absolute Gasteiger partial charge is 0.367 e. The molecule has 0 spiro atoms. The number of rotatable bonds is 8. The van der Waals surface area contributed by atoms with Gasteiger partial charge in [0.25, 0.3) is 0 Å². The van der Waals surface area contributed by atoms with Crippen LogP contribution in [0.3, 0.4) is 0 Å². The lowest BCUT2D eigenvalue weighted by molar-refractivity contribution is -0.135. The summed E-state index contributed by atoms with van der Waals surface area (Å²) in [6, 6.07) is 8.24. The number of amides is 1. The van der Waals surface area contributed by atoms with E-state index in [-0.39, 0.29) is 30.7 Å². The average molecular weight is 514 g/mol. The molecule has 1 amide bonds. The van der Waals surface area contributed by atoms with E-state index in [4.69, 9.17) is 5.26 Å². The van der Waals surface area contributed by atoms with Gasteiger partial charge >= 0.3 is 6.18 Å². The third-order valence-corrected chi connectivity index (χ3v) is 6.69. The fourth-order valence-corrected chi connectivity index (χ4v) is 4.71. The van der Waals surface area contributed by atoms with Gasteiger partial charge in [-0.25, -0.2) is 4.98 Å². The molecule has 37 heavy (non-hydrogen) atoms. The summed E-state index contributed by atoms with van der Waals surface area (Å²) in [7, 11) is 0. The monoisotopic (exact) mass is 513 g/mol. The number of aromatic amines is 1. The van der Waals surface area contributed by atoms with E-state index in [0.717, 1.165) is 48.9 Å². The molecule has 1 saturated heterocycles. The lowest BCUT2D eigenvalue weighted by Crippen LogP contribution is -2.39. The third kappa shape index (κ3) is 6.98. The first kappa shape index (κ1) is 26.4. The van der Waals surface area contributed by atoms with E-state index < -0.39 is 12.6 Å². The van der Waals surface area contributed by atoms with Crippen LogP contribution in [0.15, 0.2) is 24.4 Å². The van der Waals surface area contributed by atoms with Gasteiger partial charge in [-0.15, -0.1) is 0 Å². The largest absolute Gasteiger partial charge is 0.389 e. The van der Waals surface area contributed by atoms with Crippen LogP contribution in [0.1, 0.15) is 55.0 Å². The number of nitriles is 1. The van der Waals surface area contributed by atoms with Crippen LogP contribution in [-0.4, -0.2) is 51.1 Å². The van der Waals surface area contributed by atoms with Gasteiger partial charge in [0.2, 0.25) is 11.9 Å². The predicted octanol–water partition coefficient (Wildman–Crippen LogP) is 5.06. The molecule has 1 aliphatic heterocycles. The topological polar surface area (TPSA) is 110 Å². The Bertz CT molecular complexity index is 1300. The van der Waals surface area contributed by atoms with Crippen molar-refractivity contribution in [1.29, 1.82) is 5.26 Å². The summed E-state index contributed by atoms with van der Waals surface area (Å²) in [6.45, 7) is 5.91. The molecule has 0 unspecified atom stereocenters. The predicted molar refractivity (Wildman–Crippen MR) is 135 cm³/mol. The molecule has 8 nitrogen and oxygen atoms in total. The maximum Gasteiger partial charge on any atom is 0.389 e. The van der Waals surface area contributed by atoms with E-state index in [1.165, 1.54) is 18.7 Å². The molecule has 1 aliphatic rings. The number of piperidine rings is 1. The molecule has 0 atom stereocenters. The maximum absolute atomic E-state index is 12.6. The first-order chi connectivity index (χ1) is 17.6. The van der Waals surface area contributed by atoms with Gasteiger partial charge < -0.3 is 10.3 Å². The van der Waals surface area contributed by atoms with Crippen LogP contribution in [-0.2, 0) is 17.8 Å². The first-order valence-electron chi connectivity index (χ1n) is 12.3. The number of likely N-dealkylation sites (tertiary alicyclic amines) is 1. The number of nitrogens with zero attached hydrogens (tertiary/aromatic N) is 4. The van der Waals surface area contributed by atoms with Crippen LogP contribution in [0.5, 0.6) is 0 Å². The Balaban J connectivity index is 1.39. The molecule has 0 saturated carbocycles. The molecule has 11 heteroatoms. The summed E-state index contributed by atoms with van der Waals surface area (Å²) in [5.41, 5.74) is 4.48. The van der Waals surface area contributed by atoms with Crippen molar-refractivity contribution < 1.29 is 18.0 Å². The summed E-state index contributed by atoms with van der Waals surface area (Å²) in [5, 5.41) is 16.2. The Hall–Kier alpha value is -3.65. The van der Waals surface area contributed by atoms with Gasteiger partial charge in [0.05, 0.1) is 0 Å². The second-order valence-electron chi connectivity index (χ2n) is 9.52. The number of anilines is 2. The minimum atomic E-state index is -4.21. The Morgan fingerprint density at radius 1 is 1.27 bits per heavy atom. The van der Waals surface area contributed by atoms with Crippen molar-refractivity contribution in [2.24, 2.45) is 0 Å². The minimum absolute atomic E-state index is 0.0554. The van der Waals surface area contributed by atoms with Crippen molar-refractivity contribution in [3.05, 3.63) is 46.8 Å². The van der Waals surface area contributed by atoms with Crippen LogP contribution in [0.2, 0.25) is 0 Å². The van der Waals surface area contributed by atoms with Gasteiger partial charge in [0.1, 0.15) is 17.6 Å². The maximum atomic E-state index is 12.6. The first-order valence-corrected chi connectivity index (χ1v) is 12.3. The molecule has 2 aromatic heterocycles. The van der Waals surface area contributed by atoms with Gasteiger partial charge in [-0.05, 0) is 55.9 Å². The molecule has 1 aromatic carbocycles. The molecule has 0 aliphatic carbocycles. The van der Waals surface area contributed by atoms with Crippen molar-refractivity contribution in [2.45, 2.75) is 64.7 Å². The fraction of sp³-hybridized carbons (Fsp3) is 0.462. The molecular weight excluding hydrogens is 483 g/mol. The Labute approximate surface area is 213 Å². The number of aryl methyl sites for hydroxylation is 2. The molecular formula is C26H30F3N7O. The average Bonchev–Trinajstić information content (AvgIpc) is 3.27. The Morgan fingerprint density at radius 3 is 2.70 bits per heavy atom. The number of benzene rings is 1. The number of aromatic nitrogens is 3. The van der Waals surface area contributed by atoms with Crippen molar-refractivity contribution in [3.8, 4) is 6.07 Å². The number of carbonyl (C=O) groups is 1. The highest BCUT2D eigenvalue weighted by atomic mass is 19.4. The lowest BCUT2D eigenvalue weighted by Gasteiger charge is -2.33. The highest BCUT2D eigenvalue weighted by molar-refractivity contribution is 5.87. The zero-order valence-corrected chi connectivity index (χ0v) is 20.9. The van der Waals surface area contributed by atoms with Crippen molar-refractivity contribution in [3.63, 3.8) is 0 Å². The summed E-state index contributed by atoms with van der Waals surface area (Å²) in [6.07, 6.45) is -1.78. The van der Waals surface area contributed by atoms with Crippen LogP contribution < -0.4 is 10.6 Å². The zero-order valence-electron chi connectivity index (χ0n) is 20.9. The van der Waals surface area contributed by atoms with Crippen LogP contribution >= 0.6 is 0 Å². The minimum Gasteiger partial charge on any atom is -0.367 e. The van der Waals surface area contributed by atoms with E-state index in [9.17, 15) is 18.0 Å². The fourth-order valence-electron chi connectivity index (χ4n) is 4.71. The van der Waals surface area contributed by atoms with E-state index in [0.29, 0.717) is 17.1 Å². The van der Waals surface area contributed by atoms with Crippen LogP contribution in [0, 0.1) is 18.3 Å². The van der Waals surface area contributed by atoms with Gasteiger partial charge in [-0.3, -0.25) is 15.0 Å². The number of carbonyl (C=O) groups excluding carboxylic acids is 1. The van der Waals surface area contributed by atoms with Crippen molar-refractivity contribution in [2.75, 3.05) is 23.7 Å². The molecule has 4 rings (SSSR count). The van der Waals surface area contributed by atoms with Crippen LogP contribution in [0.4, 0.5) is 24.9 Å². The second kappa shape index (κ2) is 11.2. The van der Waals surface area contributed by atoms with E-state index >= 15 is 0 Å². The second-order valence-corrected chi connectivity index (χ2v) is 9.52. The normalized spacial score (nSPS) is 15.0. The molecule has 3 aromatic rings. The highest BCUT2D eigenvalue weighted by Crippen LogP contribution is 2.27. The number of halogens is 3. The zero-order chi connectivity index (χ0) is 26.6. The lowest BCUT2D eigenvalue weighted by atomic mass is 10.0. The number of hydrogen-bond acceptors (Lipinski definition) is 6. The van der Waals surface area contributed by atoms with Crippen molar-refractivity contribution in [1.82, 2.24) is 19.9 Å².